The molecule has 78 valence electrons. The van der Waals surface area contributed by atoms with Crippen LogP contribution in [0.4, 0.5) is 8.78 Å². The number of nitrogens with zero attached hydrogens (tertiary/aromatic N) is 1. The average Bonchev–Trinajstić information content (AvgIpc) is 2.15. The van der Waals surface area contributed by atoms with Crippen molar-refractivity contribution in [1.29, 1.82) is 0 Å². The van der Waals surface area contributed by atoms with Gasteiger partial charge in [0.05, 0.1) is 7.11 Å². The smallest absolute Gasteiger partial charge is 0.268 e. The minimum Gasteiger partial charge on any atom is -0.481 e. The van der Waals surface area contributed by atoms with Crippen molar-refractivity contribution in [3.8, 4) is 5.88 Å². The molecular weight excluding hydrogens is 192 g/mol. The highest BCUT2D eigenvalue weighted by Gasteiger charge is 2.20. The van der Waals surface area contributed by atoms with Crippen LogP contribution in [0, 0.1) is 6.92 Å². The number of methoxy groups -OCH3 is 1. The summed E-state index contributed by atoms with van der Waals surface area (Å²) in [6, 6.07) is 2.70. The van der Waals surface area contributed by atoms with Crippen molar-refractivity contribution in [3.05, 3.63) is 23.4 Å². The topological polar surface area (TPSA) is 42.4 Å². The van der Waals surface area contributed by atoms with E-state index < -0.39 is 12.5 Å². The van der Waals surface area contributed by atoms with Crippen LogP contribution in [0.3, 0.4) is 0 Å². The van der Waals surface area contributed by atoms with Gasteiger partial charge in [-0.3, -0.25) is 0 Å². The van der Waals surface area contributed by atoms with Gasteiger partial charge < -0.3 is 9.84 Å². The summed E-state index contributed by atoms with van der Waals surface area (Å²) in [5.41, 5.74) is 0.642. The highest BCUT2D eigenvalue weighted by Crippen LogP contribution is 2.23. The van der Waals surface area contributed by atoms with Crippen LogP contribution in [-0.4, -0.2) is 23.6 Å². The zero-order valence-corrected chi connectivity index (χ0v) is 7.87. The minimum atomic E-state index is -2.80. The van der Waals surface area contributed by atoms with Gasteiger partial charge in [0, 0.05) is 11.8 Å². The van der Waals surface area contributed by atoms with Crippen molar-refractivity contribution in [2.75, 3.05) is 7.11 Å². The molecule has 1 atom stereocenters. The van der Waals surface area contributed by atoms with Gasteiger partial charge in [-0.15, -0.1) is 0 Å². The van der Waals surface area contributed by atoms with E-state index in [4.69, 9.17) is 9.84 Å². The molecule has 0 fully saturated rings. The maximum Gasteiger partial charge on any atom is 0.268 e. The van der Waals surface area contributed by atoms with Crippen LogP contribution in [0.15, 0.2) is 12.1 Å². The SMILES string of the molecule is COc1cc(C(O)C(F)F)cc(C)n1. The number of hydrogen-bond donors (Lipinski definition) is 1. The molecule has 1 aromatic rings. The third-order valence-corrected chi connectivity index (χ3v) is 1.74. The highest BCUT2D eigenvalue weighted by atomic mass is 19.3. The molecule has 5 heteroatoms. The third kappa shape index (κ3) is 2.38. The molecule has 1 N–H and O–H groups in total. The standard InChI is InChI=1S/C9H11F2NO2/c1-5-3-6(8(13)9(10)11)4-7(12-5)14-2/h3-4,8-9,13H,1-2H3. The van der Waals surface area contributed by atoms with E-state index in [-0.39, 0.29) is 11.4 Å². The molecule has 1 heterocycles. The Hall–Kier alpha value is -1.23. The van der Waals surface area contributed by atoms with Crippen LogP contribution < -0.4 is 4.74 Å². The summed E-state index contributed by atoms with van der Waals surface area (Å²) < 4.78 is 29.1. The molecule has 0 radical (unpaired) electrons. The van der Waals surface area contributed by atoms with Crippen LogP contribution in [0.5, 0.6) is 5.88 Å². The molecule has 0 saturated carbocycles. The molecule has 0 aliphatic carbocycles. The monoisotopic (exact) mass is 203 g/mol. The van der Waals surface area contributed by atoms with Gasteiger partial charge in [-0.2, -0.15) is 0 Å². The fourth-order valence-electron chi connectivity index (χ4n) is 1.08. The van der Waals surface area contributed by atoms with Crippen LogP contribution >= 0.6 is 0 Å². The Labute approximate surface area is 80.3 Å². The van der Waals surface area contributed by atoms with Crippen molar-refractivity contribution in [2.45, 2.75) is 19.5 Å². The maximum absolute atomic E-state index is 12.2. The molecule has 1 aromatic heterocycles. The first kappa shape index (κ1) is 10.8. The van der Waals surface area contributed by atoms with Gasteiger partial charge >= 0.3 is 0 Å². The second-order valence-electron chi connectivity index (χ2n) is 2.86. The first-order valence-corrected chi connectivity index (χ1v) is 4.03. The predicted octanol–water partition coefficient (Wildman–Crippen LogP) is 1.70. The van der Waals surface area contributed by atoms with Gasteiger partial charge in [0.25, 0.3) is 6.43 Å². The van der Waals surface area contributed by atoms with E-state index in [1.54, 1.807) is 6.92 Å². The van der Waals surface area contributed by atoms with Gasteiger partial charge in [0.1, 0.15) is 6.10 Å². The molecule has 0 aliphatic heterocycles. The Bertz CT molecular complexity index is 318. The summed E-state index contributed by atoms with van der Waals surface area (Å²) >= 11 is 0. The molecule has 0 aromatic carbocycles. The molecule has 0 amide bonds. The quantitative estimate of drug-likeness (QED) is 0.812. The lowest BCUT2D eigenvalue weighted by atomic mass is 10.1. The molecule has 1 unspecified atom stereocenters. The summed E-state index contributed by atoms with van der Waals surface area (Å²) in [6.07, 6.45) is -4.59. The van der Waals surface area contributed by atoms with Crippen LogP contribution in [0.1, 0.15) is 17.4 Å². The second-order valence-corrected chi connectivity index (χ2v) is 2.86. The van der Waals surface area contributed by atoms with Crippen molar-refractivity contribution < 1.29 is 18.6 Å². The largest absolute Gasteiger partial charge is 0.481 e. The van der Waals surface area contributed by atoms with E-state index in [9.17, 15) is 8.78 Å². The molecule has 3 nitrogen and oxygen atoms in total. The van der Waals surface area contributed by atoms with Crippen molar-refractivity contribution in [1.82, 2.24) is 4.98 Å². The van der Waals surface area contributed by atoms with Gasteiger partial charge in [0.2, 0.25) is 5.88 Å². The van der Waals surface area contributed by atoms with Gasteiger partial charge in [-0.1, -0.05) is 0 Å². The summed E-state index contributed by atoms with van der Waals surface area (Å²) in [4.78, 5) is 3.92. The molecule has 14 heavy (non-hydrogen) atoms. The Morgan fingerprint density at radius 2 is 2.07 bits per heavy atom. The first-order chi connectivity index (χ1) is 6.54. The number of aromatic nitrogens is 1. The number of alkyl halides is 2. The molecule has 0 saturated heterocycles. The third-order valence-electron chi connectivity index (χ3n) is 1.74. The molecule has 0 spiro atoms. The van der Waals surface area contributed by atoms with E-state index >= 15 is 0 Å². The van der Waals surface area contributed by atoms with Gasteiger partial charge in [-0.05, 0) is 18.6 Å². The van der Waals surface area contributed by atoms with Crippen molar-refractivity contribution >= 4 is 0 Å². The van der Waals surface area contributed by atoms with Crippen molar-refractivity contribution in [2.24, 2.45) is 0 Å². The lowest BCUT2D eigenvalue weighted by Gasteiger charge is -2.11. The number of aliphatic hydroxyl groups is 1. The molecule has 1 rings (SSSR count). The number of pyridine rings is 1. The number of aryl methyl sites for hydroxylation is 1. The lowest BCUT2D eigenvalue weighted by Crippen LogP contribution is -2.09. The number of ether oxygens (including phenoxy) is 1. The van der Waals surface area contributed by atoms with E-state index in [1.807, 2.05) is 0 Å². The van der Waals surface area contributed by atoms with Crippen LogP contribution in [0.25, 0.3) is 0 Å². The maximum atomic E-state index is 12.2. The highest BCUT2D eigenvalue weighted by molar-refractivity contribution is 5.26. The first-order valence-electron chi connectivity index (χ1n) is 4.03. The summed E-state index contributed by atoms with van der Waals surface area (Å²) in [7, 11) is 1.39. The fourth-order valence-corrected chi connectivity index (χ4v) is 1.08. The number of aliphatic hydroxyl groups excluding tert-OH is 1. The number of hydrogen-bond acceptors (Lipinski definition) is 3. The molecule has 0 bridgehead atoms. The lowest BCUT2D eigenvalue weighted by molar-refractivity contribution is -0.00595. The Balaban J connectivity index is 3.02. The number of rotatable bonds is 3. The Morgan fingerprint density at radius 3 is 2.57 bits per heavy atom. The van der Waals surface area contributed by atoms with E-state index in [1.165, 1.54) is 19.2 Å². The van der Waals surface area contributed by atoms with Gasteiger partial charge in [0.15, 0.2) is 0 Å². The Morgan fingerprint density at radius 1 is 1.43 bits per heavy atom. The van der Waals surface area contributed by atoms with Crippen LogP contribution in [-0.2, 0) is 0 Å². The summed E-state index contributed by atoms with van der Waals surface area (Å²) in [5, 5.41) is 9.11. The van der Waals surface area contributed by atoms with Crippen molar-refractivity contribution in [3.63, 3.8) is 0 Å². The average molecular weight is 203 g/mol. The second kappa shape index (κ2) is 4.32. The minimum absolute atomic E-state index is 0.115. The predicted molar refractivity (Wildman–Crippen MR) is 46.5 cm³/mol. The van der Waals surface area contributed by atoms with Gasteiger partial charge in [-0.25, -0.2) is 13.8 Å². The zero-order chi connectivity index (χ0) is 10.7. The Kier molecular flexibility index (Phi) is 3.35. The number of halogens is 2. The fraction of sp³-hybridized carbons (Fsp3) is 0.444. The van der Waals surface area contributed by atoms with E-state index in [2.05, 4.69) is 4.98 Å². The summed E-state index contributed by atoms with van der Waals surface area (Å²) in [6.45, 7) is 1.64. The zero-order valence-electron chi connectivity index (χ0n) is 7.87. The molecule has 0 aliphatic rings. The normalized spacial score (nSPS) is 13.0. The van der Waals surface area contributed by atoms with E-state index in [0.717, 1.165) is 0 Å². The summed E-state index contributed by atoms with van der Waals surface area (Å²) in [5.74, 6) is 0.222. The molecular formula is C9H11F2NO2. The van der Waals surface area contributed by atoms with E-state index in [0.29, 0.717) is 5.69 Å². The van der Waals surface area contributed by atoms with Crippen LogP contribution in [0.2, 0.25) is 0 Å².